The summed E-state index contributed by atoms with van der Waals surface area (Å²) in [5.41, 5.74) is 0. The summed E-state index contributed by atoms with van der Waals surface area (Å²) in [6.07, 6.45) is -0.775. The van der Waals surface area contributed by atoms with Crippen LogP contribution in [0, 0.1) is 11.8 Å². The van der Waals surface area contributed by atoms with Crippen molar-refractivity contribution in [1.29, 1.82) is 0 Å². The van der Waals surface area contributed by atoms with E-state index in [0.29, 0.717) is 0 Å². The van der Waals surface area contributed by atoms with Crippen LogP contribution in [0.5, 0.6) is 0 Å². The third-order valence-corrected chi connectivity index (χ3v) is 2.24. The molecule has 0 heterocycles. The van der Waals surface area contributed by atoms with Gasteiger partial charge in [0.15, 0.2) is 0 Å². The Balaban J connectivity index is 0. The number of hydrogen-bond acceptors (Lipinski definition) is 4. The van der Waals surface area contributed by atoms with E-state index in [2.05, 4.69) is 0 Å². The van der Waals surface area contributed by atoms with Gasteiger partial charge in [0.2, 0.25) is 0 Å². The normalized spacial score (nSPS) is 13.9. The van der Waals surface area contributed by atoms with Crippen LogP contribution in [0.1, 0.15) is 49.0 Å². The Labute approximate surface area is 105 Å². The highest BCUT2D eigenvalue weighted by Gasteiger charge is 2.32. The Morgan fingerprint density at radius 1 is 0.765 bits per heavy atom. The lowest BCUT2D eigenvalue weighted by Crippen LogP contribution is -2.41. The smallest absolute Gasteiger partial charge is 0.303 e. The van der Waals surface area contributed by atoms with Crippen LogP contribution in [0.3, 0.4) is 0 Å². The van der Waals surface area contributed by atoms with Crippen molar-refractivity contribution in [3.63, 3.8) is 0 Å². The van der Waals surface area contributed by atoms with E-state index in [0.717, 1.165) is 0 Å². The van der Waals surface area contributed by atoms with Crippen molar-refractivity contribution in [2.24, 2.45) is 11.8 Å². The summed E-state index contributed by atoms with van der Waals surface area (Å²) < 4.78 is 10.4. The zero-order valence-corrected chi connectivity index (χ0v) is 10.9. The van der Waals surface area contributed by atoms with Crippen LogP contribution in [-0.2, 0) is 19.1 Å². The van der Waals surface area contributed by atoms with Gasteiger partial charge in [0.1, 0.15) is 12.2 Å². The monoisotopic (exact) mass is 246 g/mol. The third kappa shape index (κ3) is 6.97. The molecule has 102 valence electrons. The van der Waals surface area contributed by atoms with Gasteiger partial charge in [-0.2, -0.15) is 0 Å². The summed E-state index contributed by atoms with van der Waals surface area (Å²) in [5, 5.41) is 0. The minimum Gasteiger partial charge on any atom is -0.458 e. The van der Waals surface area contributed by atoms with E-state index in [1.54, 1.807) is 0 Å². The molecule has 0 spiro atoms. The van der Waals surface area contributed by atoms with E-state index in [1.165, 1.54) is 13.8 Å². The molecule has 4 heteroatoms. The molecule has 0 aliphatic carbocycles. The van der Waals surface area contributed by atoms with Gasteiger partial charge in [-0.25, -0.2) is 0 Å². The Kier molecular flexibility index (Phi) is 8.72. The minimum absolute atomic E-state index is 0. The first-order valence-corrected chi connectivity index (χ1v) is 5.60. The zero-order chi connectivity index (χ0) is 12.9. The van der Waals surface area contributed by atoms with Crippen LogP contribution in [0.2, 0.25) is 0 Å². The van der Waals surface area contributed by atoms with Crippen molar-refractivity contribution in [2.75, 3.05) is 0 Å². The first kappa shape index (κ1) is 18.3. The molecule has 0 unspecified atom stereocenters. The van der Waals surface area contributed by atoms with E-state index >= 15 is 0 Å². The molecule has 0 aromatic heterocycles. The highest BCUT2D eigenvalue weighted by molar-refractivity contribution is 5.67. The first-order chi connectivity index (χ1) is 7.25. The molecule has 0 saturated heterocycles. The minimum atomic E-state index is -0.388. The van der Waals surface area contributed by atoms with Gasteiger partial charge in [-0.3, -0.25) is 9.59 Å². The molecule has 17 heavy (non-hydrogen) atoms. The number of ether oxygens (including phenoxy) is 2. The maximum atomic E-state index is 11.0. The molecule has 0 radical (unpaired) electrons. The number of carbonyl (C=O) groups is 2. The molecule has 0 aromatic rings. The fourth-order valence-electron chi connectivity index (χ4n) is 1.55. The second-order valence-corrected chi connectivity index (χ2v) is 4.64. The average molecular weight is 246 g/mol. The zero-order valence-electron chi connectivity index (χ0n) is 10.9. The molecule has 0 aliphatic rings. The number of esters is 2. The molecule has 0 N–H and O–H groups in total. The maximum absolute atomic E-state index is 11.0. The van der Waals surface area contributed by atoms with Gasteiger partial charge in [0.05, 0.1) is 0 Å². The van der Waals surface area contributed by atoms with Crippen molar-refractivity contribution in [2.45, 2.75) is 61.2 Å². The molecule has 0 aromatic carbocycles. The van der Waals surface area contributed by atoms with Gasteiger partial charge in [0.25, 0.3) is 0 Å². The van der Waals surface area contributed by atoms with Crippen LogP contribution in [0.4, 0.5) is 0 Å². The molecule has 0 fully saturated rings. The SMILES string of the molecule is C.CC(=O)O[C@H](C(C)C)[C@@H](OC(C)=O)C(C)C. The van der Waals surface area contributed by atoms with Crippen molar-refractivity contribution in [1.82, 2.24) is 0 Å². The molecule has 0 aliphatic heterocycles. The maximum Gasteiger partial charge on any atom is 0.303 e. The number of carbonyl (C=O) groups excluding carboxylic acids is 2. The fourth-order valence-corrected chi connectivity index (χ4v) is 1.55. The second-order valence-electron chi connectivity index (χ2n) is 4.64. The van der Waals surface area contributed by atoms with E-state index in [-0.39, 0.29) is 43.4 Å². The van der Waals surface area contributed by atoms with Gasteiger partial charge < -0.3 is 9.47 Å². The molecule has 0 rings (SSSR count). The molecule has 0 amide bonds. The van der Waals surface area contributed by atoms with Gasteiger partial charge in [-0.05, 0) is 11.8 Å². The standard InChI is InChI=1S/C12H22O4.CH4/c1-7(2)11(15-9(5)13)12(8(3)4)16-10(6)14;/h7-8,11-12H,1-6H3;1H4/t11-,12+;. The second kappa shape index (κ2) is 8.09. The average Bonchev–Trinajstić information content (AvgIpc) is 2.09. The lowest BCUT2D eigenvalue weighted by Gasteiger charge is -2.31. The van der Waals surface area contributed by atoms with Crippen LogP contribution >= 0.6 is 0 Å². The van der Waals surface area contributed by atoms with Crippen LogP contribution < -0.4 is 0 Å². The Morgan fingerprint density at radius 2 is 1.00 bits per heavy atom. The summed E-state index contributed by atoms with van der Waals surface area (Å²) in [6.45, 7) is 10.5. The first-order valence-electron chi connectivity index (χ1n) is 5.60. The largest absolute Gasteiger partial charge is 0.458 e. The van der Waals surface area contributed by atoms with Crippen molar-refractivity contribution in [3.8, 4) is 0 Å². The van der Waals surface area contributed by atoms with E-state index < -0.39 is 0 Å². The van der Waals surface area contributed by atoms with Crippen LogP contribution in [0.15, 0.2) is 0 Å². The molecule has 0 saturated carbocycles. The summed E-state index contributed by atoms with van der Waals surface area (Å²) in [7, 11) is 0. The lowest BCUT2D eigenvalue weighted by atomic mass is 9.93. The quantitative estimate of drug-likeness (QED) is 0.700. The van der Waals surface area contributed by atoms with Crippen LogP contribution in [-0.4, -0.2) is 24.1 Å². The van der Waals surface area contributed by atoms with Gasteiger partial charge in [0, 0.05) is 13.8 Å². The van der Waals surface area contributed by atoms with Gasteiger partial charge in [-0.1, -0.05) is 35.1 Å². The van der Waals surface area contributed by atoms with Crippen molar-refractivity contribution in [3.05, 3.63) is 0 Å². The van der Waals surface area contributed by atoms with Gasteiger partial charge >= 0.3 is 11.9 Å². The lowest BCUT2D eigenvalue weighted by molar-refractivity contribution is -0.172. The third-order valence-electron chi connectivity index (χ3n) is 2.24. The Bertz CT molecular complexity index is 220. The highest BCUT2D eigenvalue weighted by atomic mass is 16.6. The van der Waals surface area contributed by atoms with E-state index in [4.69, 9.17) is 9.47 Å². The Morgan fingerprint density at radius 3 is 1.12 bits per heavy atom. The van der Waals surface area contributed by atoms with E-state index in [1.807, 2.05) is 27.7 Å². The van der Waals surface area contributed by atoms with Gasteiger partial charge in [-0.15, -0.1) is 0 Å². The molecular formula is C13H26O4. The predicted octanol–water partition coefficient (Wildman–Crippen LogP) is 2.80. The molecular weight excluding hydrogens is 220 g/mol. The fraction of sp³-hybridized carbons (Fsp3) is 0.846. The molecule has 4 nitrogen and oxygen atoms in total. The summed E-state index contributed by atoms with van der Waals surface area (Å²) in [5.74, 6) is -0.487. The highest BCUT2D eigenvalue weighted by Crippen LogP contribution is 2.21. The predicted molar refractivity (Wildman–Crippen MR) is 67.5 cm³/mol. The topological polar surface area (TPSA) is 52.6 Å². The summed E-state index contributed by atoms with van der Waals surface area (Å²) in [4.78, 5) is 22.0. The van der Waals surface area contributed by atoms with Crippen LogP contribution in [0.25, 0.3) is 0 Å². The Hall–Kier alpha value is -1.06. The van der Waals surface area contributed by atoms with Crippen molar-refractivity contribution < 1.29 is 19.1 Å². The number of rotatable bonds is 5. The summed E-state index contributed by atoms with van der Waals surface area (Å²) >= 11 is 0. The molecule has 2 atom stereocenters. The number of hydrogen-bond donors (Lipinski definition) is 0. The molecule has 0 bridgehead atoms. The van der Waals surface area contributed by atoms with Crippen molar-refractivity contribution >= 4 is 11.9 Å². The summed E-state index contributed by atoms with van der Waals surface area (Å²) in [6, 6.07) is 0. The van der Waals surface area contributed by atoms with E-state index in [9.17, 15) is 9.59 Å².